The van der Waals surface area contributed by atoms with E-state index in [1.54, 1.807) is 32.4 Å². The van der Waals surface area contributed by atoms with E-state index in [1.807, 2.05) is 18.2 Å². The van der Waals surface area contributed by atoms with Crippen molar-refractivity contribution in [1.82, 2.24) is 0 Å². The second-order valence-electron chi connectivity index (χ2n) is 6.76. The van der Waals surface area contributed by atoms with Gasteiger partial charge in [-0.05, 0) is 54.0 Å². The van der Waals surface area contributed by atoms with Crippen LogP contribution in [0.2, 0.25) is 0 Å². The molecule has 2 aromatic rings. The van der Waals surface area contributed by atoms with Crippen LogP contribution in [0, 0.1) is 18.3 Å². The van der Waals surface area contributed by atoms with Gasteiger partial charge < -0.3 is 23.7 Å². The van der Waals surface area contributed by atoms with Crippen molar-refractivity contribution in [3.05, 3.63) is 48.4 Å². The monoisotopic (exact) mass is 408 g/mol. The predicted molar refractivity (Wildman–Crippen MR) is 115 cm³/mol. The van der Waals surface area contributed by atoms with Gasteiger partial charge in [-0.25, -0.2) is 0 Å². The fourth-order valence-electron chi connectivity index (χ4n) is 3.17. The molecular weight excluding hydrogens is 382 g/mol. The van der Waals surface area contributed by atoms with Crippen molar-refractivity contribution in [3.8, 4) is 34.8 Å². The highest BCUT2D eigenvalue weighted by Gasteiger charge is 2.17. The van der Waals surface area contributed by atoms with Crippen LogP contribution in [0.25, 0.3) is 11.6 Å². The van der Waals surface area contributed by atoms with Crippen molar-refractivity contribution in [2.45, 2.75) is 25.7 Å². The number of hydrogen-bond acceptors (Lipinski definition) is 6. The zero-order valence-electron chi connectivity index (χ0n) is 17.4. The number of methoxy groups -OCH3 is 2. The van der Waals surface area contributed by atoms with Crippen molar-refractivity contribution in [2.75, 3.05) is 27.6 Å². The Morgan fingerprint density at radius 3 is 2.47 bits per heavy atom. The van der Waals surface area contributed by atoms with E-state index in [2.05, 4.69) is 13.0 Å². The maximum absolute atomic E-state index is 9.70. The first-order valence-electron chi connectivity index (χ1n) is 9.90. The topological polar surface area (TPSA) is 69.9 Å². The molecule has 1 aliphatic rings. The summed E-state index contributed by atoms with van der Waals surface area (Å²) in [5, 5.41) is 9.70. The van der Waals surface area contributed by atoms with Gasteiger partial charge >= 0.3 is 0 Å². The summed E-state index contributed by atoms with van der Waals surface area (Å²) in [7, 11) is 3.17. The van der Waals surface area contributed by atoms with Crippen LogP contribution in [-0.2, 0) is 0 Å². The van der Waals surface area contributed by atoms with E-state index in [9.17, 15) is 5.26 Å². The number of nitriles is 1. The Morgan fingerprint density at radius 2 is 1.80 bits per heavy atom. The fraction of sp³-hybridized carbons (Fsp3) is 0.333. The molecule has 0 spiro atoms. The smallest absolute Gasteiger partial charge is 0.231 e. The summed E-state index contributed by atoms with van der Waals surface area (Å²) in [4.78, 5) is 0. The lowest BCUT2D eigenvalue weighted by Gasteiger charge is -2.15. The minimum absolute atomic E-state index is 0.190. The van der Waals surface area contributed by atoms with Gasteiger partial charge in [0.05, 0.1) is 32.5 Å². The average molecular weight is 408 g/mol. The van der Waals surface area contributed by atoms with Crippen LogP contribution in [0.1, 0.15) is 36.8 Å². The summed E-state index contributed by atoms with van der Waals surface area (Å²) in [6.07, 6.45) is 5.79. The van der Waals surface area contributed by atoms with Crippen molar-refractivity contribution < 1.29 is 23.7 Å². The molecule has 0 aliphatic carbocycles. The highest BCUT2D eigenvalue weighted by Crippen LogP contribution is 2.40. The molecule has 0 aromatic heterocycles. The Kier molecular flexibility index (Phi) is 7.45. The van der Waals surface area contributed by atoms with Crippen molar-refractivity contribution in [3.63, 3.8) is 0 Å². The van der Waals surface area contributed by atoms with Crippen LogP contribution in [0.15, 0.2) is 30.3 Å². The molecule has 0 saturated heterocycles. The number of unbranched alkanes of at least 4 members (excludes halogenated alkanes) is 3. The molecule has 0 saturated carbocycles. The molecule has 6 nitrogen and oxygen atoms in total. The molecule has 0 amide bonds. The fourth-order valence-corrected chi connectivity index (χ4v) is 3.17. The van der Waals surface area contributed by atoms with Crippen LogP contribution in [0.5, 0.6) is 28.7 Å². The van der Waals surface area contributed by atoms with E-state index in [0.29, 0.717) is 40.9 Å². The summed E-state index contributed by atoms with van der Waals surface area (Å²) >= 11 is 0. The van der Waals surface area contributed by atoms with E-state index in [1.165, 1.54) is 0 Å². The van der Waals surface area contributed by atoms with E-state index in [0.717, 1.165) is 36.8 Å². The molecule has 0 N–H and O–H groups in total. The molecule has 0 atom stereocenters. The molecule has 1 heterocycles. The number of ether oxygens (including phenoxy) is 5. The van der Waals surface area contributed by atoms with E-state index in [4.69, 9.17) is 23.7 Å². The third-order valence-electron chi connectivity index (χ3n) is 4.74. The van der Waals surface area contributed by atoms with Gasteiger partial charge in [-0.2, -0.15) is 5.26 Å². The number of allylic oxidation sites excluding steroid dienone is 1. The largest absolute Gasteiger partial charge is 0.493 e. The summed E-state index contributed by atoms with van der Waals surface area (Å²) < 4.78 is 27.7. The number of rotatable bonds is 10. The van der Waals surface area contributed by atoms with Gasteiger partial charge in [-0.15, -0.1) is 0 Å². The third kappa shape index (κ3) is 4.98. The van der Waals surface area contributed by atoms with Crippen molar-refractivity contribution in [2.24, 2.45) is 0 Å². The molecule has 1 aliphatic heterocycles. The Morgan fingerprint density at radius 1 is 1.07 bits per heavy atom. The maximum Gasteiger partial charge on any atom is 0.231 e. The van der Waals surface area contributed by atoms with Crippen LogP contribution < -0.4 is 23.7 Å². The van der Waals surface area contributed by atoms with Gasteiger partial charge in [-0.1, -0.05) is 26.2 Å². The lowest BCUT2D eigenvalue weighted by atomic mass is 10.0. The number of fused-ring (bicyclic) bond motifs is 1. The van der Waals surface area contributed by atoms with Gasteiger partial charge in [0, 0.05) is 0 Å². The minimum atomic E-state index is 0.190. The Hall–Kier alpha value is -3.33. The summed E-state index contributed by atoms with van der Waals surface area (Å²) in [5.41, 5.74) is 1.99. The second-order valence-corrected chi connectivity index (χ2v) is 6.76. The van der Waals surface area contributed by atoms with Crippen LogP contribution in [-0.4, -0.2) is 27.6 Å². The molecular formula is C24H26NO5. The molecule has 0 fully saturated rings. The van der Waals surface area contributed by atoms with E-state index >= 15 is 0 Å². The maximum atomic E-state index is 9.70. The van der Waals surface area contributed by atoms with E-state index < -0.39 is 0 Å². The lowest BCUT2D eigenvalue weighted by molar-refractivity contribution is 0.174. The quantitative estimate of drug-likeness (QED) is 0.303. The molecule has 6 heteroatoms. The van der Waals surface area contributed by atoms with Gasteiger partial charge in [-0.3, -0.25) is 0 Å². The van der Waals surface area contributed by atoms with Crippen molar-refractivity contribution >= 4 is 11.6 Å². The highest BCUT2D eigenvalue weighted by molar-refractivity contribution is 5.90. The second kappa shape index (κ2) is 10.4. The summed E-state index contributed by atoms with van der Waals surface area (Å²) in [6.45, 7) is 4.62. The molecule has 157 valence electrons. The normalized spacial score (nSPS) is 12.4. The molecule has 0 bridgehead atoms. The first kappa shape index (κ1) is 21.4. The molecule has 1 radical (unpaired) electrons. The van der Waals surface area contributed by atoms with Gasteiger partial charge in [0.1, 0.15) is 0 Å². The van der Waals surface area contributed by atoms with Gasteiger partial charge in [0.2, 0.25) is 12.5 Å². The SMILES string of the molecule is [CH2]CCCCCOc1c(OC)cc(/C=C(\C#N)c2ccc3c(c2)OCO3)cc1OC. The van der Waals surface area contributed by atoms with Crippen LogP contribution >= 0.6 is 0 Å². The zero-order chi connectivity index (χ0) is 21.3. The Balaban J connectivity index is 1.86. The summed E-state index contributed by atoms with van der Waals surface area (Å²) in [6, 6.07) is 11.3. The standard InChI is InChI=1S/C24H26NO5/c1-4-5-6-7-10-28-24-22(26-2)12-17(13-23(24)27-3)11-19(15-25)18-8-9-20-21(14-18)30-16-29-20/h8-9,11-14H,1,4-7,10,16H2,2-3H3/b19-11+. The third-order valence-corrected chi connectivity index (χ3v) is 4.74. The number of hydrogen-bond donors (Lipinski definition) is 0. The predicted octanol–water partition coefficient (Wildman–Crippen LogP) is 5.27. The number of benzene rings is 2. The van der Waals surface area contributed by atoms with Gasteiger partial charge in [0.15, 0.2) is 23.0 Å². The molecule has 3 rings (SSSR count). The Bertz CT molecular complexity index is 920. The minimum Gasteiger partial charge on any atom is -0.493 e. The zero-order valence-corrected chi connectivity index (χ0v) is 17.4. The van der Waals surface area contributed by atoms with Gasteiger partial charge in [0.25, 0.3) is 0 Å². The first-order valence-corrected chi connectivity index (χ1v) is 9.90. The molecule has 0 unspecified atom stereocenters. The lowest BCUT2D eigenvalue weighted by Crippen LogP contribution is -2.02. The summed E-state index contributed by atoms with van der Waals surface area (Å²) in [5.74, 6) is 2.98. The molecule has 30 heavy (non-hydrogen) atoms. The average Bonchev–Trinajstić information content (AvgIpc) is 3.25. The first-order chi connectivity index (χ1) is 14.7. The van der Waals surface area contributed by atoms with E-state index in [-0.39, 0.29) is 6.79 Å². The van der Waals surface area contributed by atoms with Crippen LogP contribution in [0.4, 0.5) is 0 Å². The van der Waals surface area contributed by atoms with Crippen LogP contribution in [0.3, 0.4) is 0 Å². The highest BCUT2D eigenvalue weighted by atomic mass is 16.7. The number of nitrogens with zero attached hydrogens (tertiary/aromatic N) is 1. The van der Waals surface area contributed by atoms with Crippen molar-refractivity contribution in [1.29, 1.82) is 5.26 Å². The Labute approximate surface area is 177 Å². The molecule has 2 aromatic carbocycles.